The standard InChI is InChI=1S/C12H8F3N3/c1-8-6-10(3-2-9(8)7-16)18-5-4-11(17-18)12(13,14)15/h2-6H,1H3. The molecule has 2 rings (SSSR count). The van der Waals surface area contributed by atoms with E-state index in [-0.39, 0.29) is 0 Å². The summed E-state index contributed by atoms with van der Waals surface area (Å²) in [5.41, 5.74) is 0.729. The Bertz CT molecular complexity index is 620. The van der Waals surface area contributed by atoms with Gasteiger partial charge in [0.2, 0.25) is 0 Å². The number of aryl methyl sites for hydroxylation is 1. The Morgan fingerprint density at radius 1 is 1.28 bits per heavy atom. The second-order valence-electron chi connectivity index (χ2n) is 3.75. The first kappa shape index (κ1) is 12.2. The van der Waals surface area contributed by atoms with Crippen LogP contribution in [0.1, 0.15) is 16.8 Å². The SMILES string of the molecule is Cc1cc(-n2ccc(C(F)(F)F)n2)ccc1C#N. The minimum atomic E-state index is -4.45. The molecular formula is C12H8F3N3. The van der Waals surface area contributed by atoms with Gasteiger partial charge >= 0.3 is 6.18 Å². The third kappa shape index (κ3) is 2.20. The van der Waals surface area contributed by atoms with Gasteiger partial charge in [0.05, 0.1) is 17.3 Å². The highest BCUT2D eigenvalue weighted by atomic mass is 19.4. The molecule has 0 saturated carbocycles. The Kier molecular flexibility index (Phi) is 2.83. The number of hydrogen-bond donors (Lipinski definition) is 0. The molecule has 0 N–H and O–H groups in total. The minimum Gasteiger partial charge on any atom is -0.240 e. The van der Waals surface area contributed by atoms with E-state index in [1.165, 1.54) is 6.20 Å². The Morgan fingerprint density at radius 2 is 2.00 bits per heavy atom. The Morgan fingerprint density at radius 3 is 2.50 bits per heavy atom. The highest BCUT2D eigenvalue weighted by Crippen LogP contribution is 2.28. The van der Waals surface area contributed by atoms with Crippen molar-refractivity contribution in [3.63, 3.8) is 0 Å². The van der Waals surface area contributed by atoms with E-state index in [0.717, 1.165) is 10.7 Å². The summed E-state index contributed by atoms with van der Waals surface area (Å²) in [7, 11) is 0. The molecule has 3 nitrogen and oxygen atoms in total. The fraction of sp³-hybridized carbons (Fsp3) is 0.167. The first-order valence-electron chi connectivity index (χ1n) is 5.06. The molecule has 0 fully saturated rings. The highest BCUT2D eigenvalue weighted by Gasteiger charge is 2.33. The van der Waals surface area contributed by atoms with Crippen LogP contribution in [0.5, 0.6) is 0 Å². The number of nitrogens with zero attached hydrogens (tertiary/aromatic N) is 3. The fourth-order valence-electron chi connectivity index (χ4n) is 1.53. The maximum Gasteiger partial charge on any atom is 0.435 e. The molecule has 0 atom stereocenters. The number of aromatic nitrogens is 2. The molecule has 18 heavy (non-hydrogen) atoms. The molecule has 0 amide bonds. The smallest absolute Gasteiger partial charge is 0.240 e. The van der Waals surface area contributed by atoms with E-state index in [1.807, 2.05) is 6.07 Å². The Hall–Kier alpha value is -2.29. The van der Waals surface area contributed by atoms with E-state index in [2.05, 4.69) is 5.10 Å². The maximum absolute atomic E-state index is 12.4. The van der Waals surface area contributed by atoms with Crippen molar-refractivity contribution in [3.05, 3.63) is 47.3 Å². The summed E-state index contributed by atoms with van der Waals surface area (Å²) in [4.78, 5) is 0. The van der Waals surface area contributed by atoms with Crippen LogP contribution in [0.4, 0.5) is 13.2 Å². The van der Waals surface area contributed by atoms with Crippen LogP contribution in [0.2, 0.25) is 0 Å². The predicted molar refractivity (Wildman–Crippen MR) is 58.0 cm³/mol. The van der Waals surface area contributed by atoms with Crippen LogP contribution < -0.4 is 0 Å². The van der Waals surface area contributed by atoms with Crippen LogP contribution in [0, 0.1) is 18.3 Å². The third-order valence-corrected chi connectivity index (χ3v) is 2.47. The van der Waals surface area contributed by atoms with Crippen LogP contribution in [-0.4, -0.2) is 9.78 Å². The van der Waals surface area contributed by atoms with Gasteiger partial charge in [0.25, 0.3) is 0 Å². The molecule has 0 aliphatic rings. The molecule has 0 bridgehead atoms. The van der Waals surface area contributed by atoms with Gasteiger partial charge in [-0.2, -0.15) is 23.5 Å². The van der Waals surface area contributed by atoms with Crippen LogP contribution in [-0.2, 0) is 6.18 Å². The molecule has 0 saturated heterocycles. The average molecular weight is 251 g/mol. The van der Waals surface area contributed by atoms with Crippen LogP contribution in [0.15, 0.2) is 30.5 Å². The molecule has 0 aliphatic carbocycles. The number of nitriles is 1. The van der Waals surface area contributed by atoms with Crippen molar-refractivity contribution in [2.24, 2.45) is 0 Å². The van der Waals surface area contributed by atoms with Crippen LogP contribution in [0.25, 0.3) is 5.69 Å². The molecule has 0 radical (unpaired) electrons. The molecule has 0 spiro atoms. The number of benzene rings is 1. The van der Waals surface area contributed by atoms with Gasteiger partial charge in [-0.1, -0.05) is 0 Å². The van der Waals surface area contributed by atoms with E-state index >= 15 is 0 Å². The summed E-state index contributed by atoms with van der Waals surface area (Å²) in [5.74, 6) is 0. The maximum atomic E-state index is 12.4. The van der Waals surface area contributed by atoms with E-state index in [9.17, 15) is 13.2 Å². The molecule has 6 heteroatoms. The van der Waals surface area contributed by atoms with Crippen molar-refractivity contribution in [2.45, 2.75) is 13.1 Å². The lowest BCUT2D eigenvalue weighted by Crippen LogP contribution is -2.07. The van der Waals surface area contributed by atoms with Gasteiger partial charge < -0.3 is 0 Å². The quantitative estimate of drug-likeness (QED) is 0.781. The number of rotatable bonds is 1. The predicted octanol–water partition coefficient (Wildman–Crippen LogP) is 3.07. The monoisotopic (exact) mass is 251 g/mol. The summed E-state index contributed by atoms with van der Waals surface area (Å²) in [5, 5.41) is 12.2. The molecule has 1 heterocycles. The summed E-state index contributed by atoms with van der Waals surface area (Å²) < 4.78 is 38.3. The number of halogens is 3. The summed E-state index contributed by atoms with van der Waals surface area (Å²) in [6.45, 7) is 1.72. The van der Waals surface area contributed by atoms with Gasteiger partial charge in [-0.05, 0) is 36.8 Å². The first-order chi connectivity index (χ1) is 8.41. The van der Waals surface area contributed by atoms with Gasteiger partial charge in [-0.15, -0.1) is 0 Å². The summed E-state index contributed by atoms with van der Waals surface area (Å²) in [6.07, 6.45) is -3.21. The van der Waals surface area contributed by atoms with Crippen molar-refractivity contribution < 1.29 is 13.2 Å². The largest absolute Gasteiger partial charge is 0.435 e. The van der Waals surface area contributed by atoms with Crippen molar-refractivity contribution in [1.82, 2.24) is 9.78 Å². The van der Waals surface area contributed by atoms with Gasteiger partial charge in [-0.25, -0.2) is 4.68 Å². The van der Waals surface area contributed by atoms with Crippen molar-refractivity contribution in [3.8, 4) is 11.8 Å². The lowest BCUT2D eigenvalue weighted by molar-refractivity contribution is -0.141. The zero-order valence-corrected chi connectivity index (χ0v) is 9.36. The van der Waals surface area contributed by atoms with Gasteiger partial charge in [0, 0.05) is 6.20 Å². The molecular weight excluding hydrogens is 243 g/mol. The number of alkyl halides is 3. The Labute approximate surface area is 101 Å². The normalized spacial score (nSPS) is 11.3. The van der Waals surface area contributed by atoms with Crippen molar-refractivity contribution in [2.75, 3.05) is 0 Å². The molecule has 1 aromatic heterocycles. The highest BCUT2D eigenvalue weighted by molar-refractivity contribution is 5.45. The van der Waals surface area contributed by atoms with E-state index in [4.69, 9.17) is 5.26 Å². The lowest BCUT2D eigenvalue weighted by atomic mass is 10.1. The zero-order valence-electron chi connectivity index (χ0n) is 9.36. The first-order valence-corrected chi connectivity index (χ1v) is 5.06. The van der Waals surface area contributed by atoms with E-state index in [1.54, 1.807) is 25.1 Å². The summed E-state index contributed by atoms with van der Waals surface area (Å²) >= 11 is 0. The molecule has 92 valence electrons. The lowest BCUT2D eigenvalue weighted by Gasteiger charge is -2.04. The van der Waals surface area contributed by atoms with Crippen molar-refractivity contribution in [1.29, 1.82) is 5.26 Å². The van der Waals surface area contributed by atoms with E-state index < -0.39 is 11.9 Å². The van der Waals surface area contributed by atoms with Crippen LogP contribution >= 0.6 is 0 Å². The van der Waals surface area contributed by atoms with Crippen LogP contribution in [0.3, 0.4) is 0 Å². The van der Waals surface area contributed by atoms with Gasteiger partial charge in [0.15, 0.2) is 5.69 Å². The molecule has 0 aliphatic heterocycles. The molecule has 0 unspecified atom stereocenters. The second-order valence-corrected chi connectivity index (χ2v) is 3.75. The minimum absolute atomic E-state index is 0.488. The topological polar surface area (TPSA) is 41.6 Å². The van der Waals surface area contributed by atoms with Gasteiger partial charge in [-0.3, -0.25) is 0 Å². The third-order valence-electron chi connectivity index (χ3n) is 2.47. The van der Waals surface area contributed by atoms with Crippen molar-refractivity contribution >= 4 is 0 Å². The van der Waals surface area contributed by atoms with E-state index in [0.29, 0.717) is 16.8 Å². The average Bonchev–Trinajstić information content (AvgIpc) is 2.77. The fourth-order valence-corrected chi connectivity index (χ4v) is 1.53. The zero-order chi connectivity index (χ0) is 13.3. The summed E-state index contributed by atoms with van der Waals surface area (Å²) in [6, 6.07) is 7.63. The number of hydrogen-bond acceptors (Lipinski definition) is 2. The second kappa shape index (κ2) is 4.18. The molecule has 2 aromatic rings. The molecule has 1 aromatic carbocycles. The van der Waals surface area contributed by atoms with Gasteiger partial charge in [0.1, 0.15) is 0 Å². The Balaban J connectivity index is 2.41.